The van der Waals surface area contributed by atoms with Gasteiger partial charge in [0.1, 0.15) is 23.0 Å². The van der Waals surface area contributed by atoms with Gasteiger partial charge < -0.3 is 18.9 Å². The monoisotopic (exact) mass is 1050 g/mol. The van der Waals surface area contributed by atoms with Crippen LogP contribution in [0.3, 0.4) is 0 Å². The molecule has 0 unspecified atom stereocenters. The first-order valence-electron chi connectivity index (χ1n) is 24.2. The molecule has 2 radical (unpaired) electrons. The Morgan fingerprint density at radius 3 is 0.890 bits per heavy atom. The van der Waals surface area contributed by atoms with Crippen LogP contribution in [0.5, 0.6) is 23.0 Å². The predicted molar refractivity (Wildman–Crippen MR) is 304 cm³/mol. The van der Waals surface area contributed by atoms with Gasteiger partial charge in [0, 0.05) is 33.9 Å². The molecule has 0 fully saturated rings. The van der Waals surface area contributed by atoms with Crippen molar-refractivity contribution in [2.24, 2.45) is 0 Å². The minimum Gasteiger partial charge on any atom is -0.496 e. The Morgan fingerprint density at radius 2 is 0.685 bits per heavy atom. The molecule has 8 rings (SSSR count). The van der Waals surface area contributed by atoms with Gasteiger partial charge in [0.15, 0.2) is 0 Å². The van der Waals surface area contributed by atoms with E-state index in [2.05, 4.69) is 238 Å². The first-order valence-corrected chi connectivity index (χ1v) is 26.9. The van der Waals surface area contributed by atoms with E-state index in [1.165, 1.54) is 32.4 Å². The smallest absolute Gasteiger partial charge is 0.496 e. The van der Waals surface area contributed by atoms with Gasteiger partial charge in [-0.1, -0.05) is 22.9 Å². The van der Waals surface area contributed by atoms with Crippen molar-refractivity contribution < 1.29 is 36.0 Å². The summed E-state index contributed by atoms with van der Waals surface area (Å²) in [4.78, 5) is 4.49. The second-order valence-electron chi connectivity index (χ2n) is 19.0. The molecule has 0 aliphatic heterocycles. The molecule has 4 aliphatic carbocycles. The molecule has 0 spiro atoms. The van der Waals surface area contributed by atoms with E-state index in [1.807, 2.05) is 0 Å². The minimum absolute atomic E-state index is 0. The number of allylic oxidation sites excluding steroid dienone is 6. The van der Waals surface area contributed by atoms with Crippen LogP contribution in [0.4, 0.5) is 0 Å². The quantitative estimate of drug-likeness (QED) is 0.0482. The molecule has 376 valence electrons. The number of rotatable bonds is 16. The minimum atomic E-state index is -0.933. The van der Waals surface area contributed by atoms with Crippen LogP contribution in [0.15, 0.2) is 152 Å². The number of likely N-dealkylation sites (N-methyl/N-ethyl adjacent to an activating group) is 2. The van der Waals surface area contributed by atoms with E-state index in [1.54, 1.807) is 28.4 Å². The fourth-order valence-electron chi connectivity index (χ4n) is 10.4. The van der Waals surface area contributed by atoms with Gasteiger partial charge in [0.05, 0.1) is 28.4 Å². The van der Waals surface area contributed by atoms with Gasteiger partial charge in [-0.2, -0.15) is 49.3 Å². The number of ether oxygens (including phenoxy) is 4. The number of hydrogen-bond acceptors (Lipinski definition) is 6. The van der Waals surface area contributed by atoms with E-state index in [4.69, 9.17) is 18.9 Å². The van der Waals surface area contributed by atoms with Crippen LogP contribution in [0.1, 0.15) is 44.5 Å². The molecule has 0 amide bonds. The maximum atomic E-state index is 5.69. The molecule has 4 aromatic rings. The Morgan fingerprint density at radius 1 is 0.425 bits per heavy atom. The summed E-state index contributed by atoms with van der Waals surface area (Å²) >= 11 is 0. The molecule has 6 nitrogen and oxygen atoms in total. The summed E-state index contributed by atoms with van der Waals surface area (Å²) in [6, 6.07) is 18.2. The summed E-state index contributed by atoms with van der Waals surface area (Å²) in [5, 5.41) is 7.37. The maximum Gasteiger partial charge on any atom is 2.00 e. The Hall–Kier alpha value is -5.76. The number of aryl methyl sites for hydroxylation is 8. The third-order valence-electron chi connectivity index (χ3n) is 13.2. The molecule has 0 heterocycles. The first kappa shape index (κ1) is 56.5. The number of hydrogen-bond donors (Lipinski definition) is 0. The van der Waals surface area contributed by atoms with Crippen LogP contribution < -0.4 is 40.2 Å². The van der Waals surface area contributed by atoms with E-state index in [-0.39, 0.29) is 29.2 Å². The van der Waals surface area contributed by atoms with Gasteiger partial charge in [-0.05, 0) is 225 Å². The zero-order valence-electron chi connectivity index (χ0n) is 45.3. The van der Waals surface area contributed by atoms with Crippen LogP contribution in [0.25, 0.3) is 0 Å². The van der Waals surface area contributed by atoms with Crippen LogP contribution in [0.2, 0.25) is 0 Å². The van der Waals surface area contributed by atoms with Crippen molar-refractivity contribution >= 4 is 37.1 Å². The Balaban J connectivity index is 0.000000235. The van der Waals surface area contributed by atoms with Crippen LogP contribution in [0, 0.1) is 81.1 Å². The van der Waals surface area contributed by atoms with Crippen molar-refractivity contribution in [3.05, 3.63) is 222 Å². The Kier molecular flexibility index (Phi) is 19.3. The zero-order chi connectivity index (χ0) is 52.0. The molecule has 4 aliphatic rings. The third-order valence-corrected chi connectivity index (χ3v) is 17.9. The summed E-state index contributed by atoms with van der Waals surface area (Å²) in [6.45, 7) is 17.0. The van der Waals surface area contributed by atoms with E-state index in [0.29, 0.717) is 0 Å². The van der Waals surface area contributed by atoms with E-state index >= 15 is 0 Å². The van der Waals surface area contributed by atoms with E-state index in [9.17, 15) is 0 Å². The molecule has 0 N–H and O–H groups in total. The average molecular weight is 1050 g/mol. The zero-order valence-corrected chi connectivity index (χ0v) is 48.2. The van der Waals surface area contributed by atoms with Gasteiger partial charge in [-0.3, -0.25) is 9.80 Å². The van der Waals surface area contributed by atoms with Crippen LogP contribution >= 0.6 is 15.8 Å². The molecule has 9 heteroatoms. The second kappa shape index (κ2) is 25.0. The molecular weight excluding hydrogens is 979 g/mol. The van der Waals surface area contributed by atoms with Gasteiger partial charge in [0.25, 0.3) is 0 Å². The fraction of sp³-hybridized carbons (Fsp3) is 0.281. The normalized spacial score (nSPS) is 14.9. The number of benzene rings is 4. The molecule has 0 saturated carbocycles. The SMILES string of the molecule is COc1c(C)cc(P(C2=C=C=C=C2[C@@H](C2=C[CH]C=C[CH-]2)N(C)C)c2cc(C)c(OC)c(C)c2)cc1C.COc1c(C)cc(P(C2=C=C=C=C2[C@@H](C2=C[CH]C=C[CH-]2)N(C)C)c2cc(C)c(OC)c(C)c2)cc1C.[Fe+2]. The van der Waals surface area contributed by atoms with Crippen molar-refractivity contribution in [2.45, 2.75) is 67.5 Å². The average Bonchev–Trinajstić information content (AvgIpc) is 4.00. The fourth-order valence-corrected chi connectivity index (χ4v) is 15.7. The molecule has 4 aromatic carbocycles. The van der Waals surface area contributed by atoms with Crippen molar-refractivity contribution in [1.82, 2.24) is 9.80 Å². The summed E-state index contributed by atoms with van der Waals surface area (Å²) in [5.41, 5.74) is 34.1. The Bertz CT molecular complexity index is 2790. The standard InChI is InChI=1S/2C32H34NO2P.Fe/c2*1-21-17-26(18-22(2)31(21)34-7)36(27-19-23(3)32(35-8)24(4)20-27)29-16-12-15-28(29)30(33(5)6)25-13-10-9-11-14-25;/h2*9-11,13-14,17-20,30H,1-8H3;/q2*-1;+2/t2*30-;/m11./s1. The summed E-state index contributed by atoms with van der Waals surface area (Å²) in [7, 11) is 13.6. The first-order chi connectivity index (χ1) is 34.5. The molecular formula is C64H68FeN2O4P2. The molecule has 0 bridgehead atoms. The molecule has 0 saturated heterocycles. The van der Waals surface area contributed by atoms with Crippen molar-refractivity contribution in [1.29, 1.82) is 0 Å². The number of nitrogens with zero attached hydrogens (tertiary/aromatic N) is 2. The summed E-state index contributed by atoms with van der Waals surface area (Å²) in [6.07, 6.45) is 21.2. The number of methoxy groups -OCH3 is 4. The summed E-state index contributed by atoms with van der Waals surface area (Å²) < 4.78 is 22.8. The molecule has 73 heavy (non-hydrogen) atoms. The van der Waals surface area contributed by atoms with Gasteiger partial charge in [0.2, 0.25) is 0 Å². The van der Waals surface area contributed by atoms with Gasteiger partial charge in [-0.25, -0.2) is 0 Å². The Labute approximate surface area is 449 Å². The van der Waals surface area contributed by atoms with Crippen LogP contribution in [-0.2, 0) is 17.1 Å². The van der Waals surface area contributed by atoms with Crippen molar-refractivity contribution in [2.75, 3.05) is 56.6 Å². The van der Waals surface area contributed by atoms with Gasteiger partial charge in [-0.15, -0.1) is 24.0 Å². The second-order valence-corrected chi connectivity index (χ2v) is 23.3. The van der Waals surface area contributed by atoms with Gasteiger partial charge >= 0.3 is 17.1 Å². The summed E-state index contributed by atoms with van der Waals surface area (Å²) in [5.74, 6) is 3.76. The topological polar surface area (TPSA) is 43.4 Å². The van der Waals surface area contributed by atoms with E-state index < -0.39 is 15.8 Å². The largest absolute Gasteiger partial charge is 2.00 e. The third kappa shape index (κ3) is 12.1. The van der Waals surface area contributed by atoms with Crippen molar-refractivity contribution in [3.8, 4) is 23.0 Å². The molecule has 2 atom stereocenters. The van der Waals surface area contributed by atoms with Crippen LogP contribution in [-0.4, -0.2) is 78.5 Å². The van der Waals surface area contributed by atoms with Crippen molar-refractivity contribution in [3.63, 3.8) is 0 Å². The predicted octanol–water partition coefficient (Wildman–Crippen LogP) is 11.9. The maximum absolute atomic E-state index is 5.69. The van der Waals surface area contributed by atoms with E-state index in [0.717, 1.165) is 89.3 Å². The molecule has 0 aromatic heterocycles.